The van der Waals surface area contributed by atoms with Crippen molar-refractivity contribution in [3.63, 3.8) is 0 Å². The summed E-state index contributed by atoms with van der Waals surface area (Å²) in [4.78, 5) is 93.8. The quantitative estimate of drug-likeness (QED) is 0.0281. The fourth-order valence-electron chi connectivity index (χ4n) is 4.98. The van der Waals surface area contributed by atoms with Gasteiger partial charge in [-0.15, -0.1) is 0 Å². The first-order valence-electron chi connectivity index (χ1n) is 17.5. The van der Waals surface area contributed by atoms with Gasteiger partial charge in [-0.25, -0.2) is 4.79 Å². The molecular formula is C33H61N9O10. The Balaban J connectivity index is 6.34. The minimum absolute atomic E-state index is 0.00366. The molecule has 0 fully saturated rings. The molecule has 0 aliphatic rings. The Kier molecular flexibility index (Phi) is 21.8. The van der Waals surface area contributed by atoms with Crippen LogP contribution in [0, 0.1) is 17.8 Å². The first-order valence-corrected chi connectivity index (χ1v) is 17.5. The van der Waals surface area contributed by atoms with Gasteiger partial charge in [0.05, 0.1) is 6.10 Å². The van der Waals surface area contributed by atoms with E-state index in [0.717, 1.165) is 0 Å². The van der Waals surface area contributed by atoms with Crippen LogP contribution in [-0.2, 0) is 33.6 Å². The zero-order valence-corrected chi connectivity index (χ0v) is 31.3. The number of rotatable bonds is 25. The molecule has 7 atom stereocenters. The van der Waals surface area contributed by atoms with Gasteiger partial charge in [0.25, 0.3) is 0 Å². The number of hydrogen-bond donors (Lipinski definition) is 11. The summed E-state index contributed by atoms with van der Waals surface area (Å²) in [7, 11) is 0. The van der Waals surface area contributed by atoms with Gasteiger partial charge in [-0.2, -0.15) is 0 Å². The van der Waals surface area contributed by atoms with E-state index < -0.39 is 90.3 Å². The molecule has 0 aromatic heterocycles. The Bertz CT molecular complexity index is 1240. The van der Waals surface area contributed by atoms with Crippen molar-refractivity contribution in [2.24, 2.45) is 39.9 Å². The summed E-state index contributed by atoms with van der Waals surface area (Å²) in [5.41, 5.74) is 16.5. The van der Waals surface area contributed by atoms with Crippen molar-refractivity contribution in [1.29, 1.82) is 0 Å². The van der Waals surface area contributed by atoms with Crippen molar-refractivity contribution in [3.05, 3.63) is 0 Å². The van der Waals surface area contributed by atoms with Crippen LogP contribution in [0.3, 0.4) is 0 Å². The van der Waals surface area contributed by atoms with E-state index in [1.54, 1.807) is 41.5 Å². The van der Waals surface area contributed by atoms with E-state index in [9.17, 15) is 48.9 Å². The number of aliphatic imine (C=N–C) groups is 1. The number of amides is 5. The molecule has 0 aromatic rings. The predicted octanol–water partition coefficient (Wildman–Crippen LogP) is -1.74. The topological polar surface area (TPSA) is 331 Å². The maximum atomic E-state index is 13.7. The van der Waals surface area contributed by atoms with E-state index in [-0.39, 0.29) is 68.8 Å². The summed E-state index contributed by atoms with van der Waals surface area (Å²) in [6, 6.07) is -7.76. The lowest BCUT2D eigenvalue weighted by Crippen LogP contribution is -2.60. The molecule has 298 valence electrons. The third kappa shape index (κ3) is 19.8. The summed E-state index contributed by atoms with van der Waals surface area (Å²) < 4.78 is 0. The number of nitrogens with zero attached hydrogens (tertiary/aromatic N) is 1. The van der Waals surface area contributed by atoms with E-state index in [2.05, 4.69) is 31.6 Å². The van der Waals surface area contributed by atoms with Gasteiger partial charge in [0.1, 0.15) is 36.3 Å². The Morgan fingerprint density at radius 2 is 0.942 bits per heavy atom. The molecule has 0 radical (unpaired) electrons. The van der Waals surface area contributed by atoms with Crippen LogP contribution in [0.1, 0.15) is 93.4 Å². The van der Waals surface area contributed by atoms with E-state index in [1.807, 2.05) is 0 Å². The monoisotopic (exact) mass is 743 g/mol. The Labute approximate surface area is 305 Å². The van der Waals surface area contributed by atoms with Crippen molar-refractivity contribution in [3.8, 4) is 0 Å². The number of carbonyl (C=O) groups excluding carboxylic acids is 5. The summed E-state index contributed by atoms with van der Waals surface area (Å²) in [6.45, 7) is 12.1. The Hall–Kier alpha value is -4.52. The number of nitrogens with one attached hydrogen (secondary N) is 5. The van der Waals surface area contributed by atoms with Gasteiger partial charge in [-0.05, 0) is 63.2 Å². The fraction of sp³-hybridized carbons (Fsp3) is 0.758. The fourth-order valence-corrected chi connectivity index (χ4v) is 4.98. The minimum atomic E-state index is -1.46. The second-order valence-corrected chi connectivity index (χ2v) is 14.2. The van der Waals surface area contributed by atoms with Gasteiger partial charge < -0.3 is 59.1 Å². The lowest BCUT2D eigenvalue weighted by atomic mass is 9.99. The maximum absolute atomic E-state index is 13.7. The molecule has 0 aromatic carbocycles. The molecule has 0 spiro atoms. The number of carbonyl (C=O) groups is 7. The molecular weight excluding hydrogens is 682 g/mol. The molecule has 0 unspecified atom stereocenters. The van der Waals surface area contributed by atoms with Crippen molar-refractivity contribution in [2.45, 2.75) is 136 Å². The molecule has 19 heteroatoms. The molecule has 0 bridgehead atoms. The number of aliphatic hydroxyl groups is 1. The van der Waals surface area contributed by atoms with Crippen LogP contribution in [0.4, 0.5) is 0 Å². The van der Waals surface area contributed by atoms with Crippen molar-refractivity contribution < 1.29 is 48.9 Å². The summed E-state index contributed by atoms with van der Waals surface area (Å²) in [6.07, 6.45) is -1.60. The highest BCUT2D eigenvalue weighted by Crippen LogP contribution is 2.12. The van der Waals surface area contributed by atoms with Crippen LogP contribution < -0.4 is 43.8 Å². The molecule has 0 heterocycles. The number of nitrogens with two attached hydrogens (primary N) is 3. The van der Waals surface area contributed by atoms with Crippen LogP contribution in [0.15, 0.2) is 4.99 Å². The largest absolute Gasteiger partial charge is 0.481 e. The number of aliphatic carboxylic acids is 2. The van der Waals surface area contributed by atoms with E-state index >= 15 is 0 Å². The molecule has 14 N–H and O–H groups in total. The molecule has 0 aliphatic carbocycles. The van der Waals surface area contributed by atoms with Gasteiger partial charge in [-0.3, -0.25) is 33.8 Å². The Morgan fingerprint density at radius 3 is 1.33 bits per heavy atom. The first-order chi connectivity index (χ1) is 24.0. The highest BCUT2D eigenvalue weighted by molar-refractivity contribution is 5.96. The van der Waals surface area contributed by atoms with E-state index in [1.165, 1.54) is 6.92 Å². The zero-order chi connectivity index (χ0) is 40.3. The third-order valence-corrected chi connectivity index (χ3v) is 7.68. The SMILES string of the molecule is CC(C)C[C@H](NC(=O)[C@H](CCCN=C(N)N)NC(=O)[C@H](CC(C)C)NC(=O)[C@H](CCC(=O)O)NC(=O)[C@H](CC(C)C)NC(=O)[C@@H](N)[C@@H](C)O)C(=O)O. The molecule has 19 nitrogen and oxygen atoms in total. The lowest BCUT2D eigenvalue weighted by Gasteiger charge is -2.28. The number of aliphatic hydroxyl groups excluding tert-OH is 1. The average molecular weight is 744 g/mol. The molecule has 52 heavy (non-hydrogen) atoms. The molecule has 0 aliphatic heterocycles. The smallest absolute Gasteiger partial charge is 0.326 e. The lowest BCUT2D eigenvalue weighted by molar-refractivity contribution is -0.143. The normalized spacial score (nSPS) is 15.3. The number of guanidine groups is 1. The maximum Gasteiger partial charge on any atom is 0.326 e. The third-order valence-electron chi connectivity index (χ3n) is 7.68. The Morgan fingerprint density at radius 1 is 0.577 bits per heavy atom. The number of carboxylic acids is 2. The van der Waals surface area contributed by atoms with Gasteiger partial charge >= 0.3 is 11.9 Å². The first kappa shape index (κ1) is 47.5. The zero-order valence-electron chi connectivity index (χ0n) is 31.3. The van der Waals surface area contributed by atoms with Gasteiger partial charge in [0, 0.05) is 13.0 Å². The van der Waals surface area contributed by atoms with Gasteiger partial charge in [0.2, 0.25) is 29.5 Å². The second kappa shape index (κ2) is 23.9. The summed E-state index contributed by atoms with van der Waals surface area (Å²) >= 11 is 0. The molecule has 0 saturated heterocycles. The van der Waals surface area contributed by atoms with Crippen LogP contribution in [0.25, 0.3) is 0 Å². The number of carboxylic acid groups (broad SMARTS) is 2. The van der Waals surface area contributed by atoms with Crippen LogP contribution in [-0.4, -0.2) is 112 Å². The molecule has 0 rings (SSSR count). The average Bonchev–Trinajstić information content (AvgIpc) is 3.01. The van der Waals surface area contributed by atoms with Crippen LogP contribution in [0.5, 0.6) is 0 Å². The standard InChI is InChI=1S/C33H61N9O10/c1-16(2)13-22(29(48)38-20(9-8-12-37-33(35)36)27(46)42-24(32(51)52)15-18(5)6)40-28(47)21(10-11-25(44)45)39-30(49)23(14-17(3)4)41-31(50)26(34)19(7)43/h16-24,26,43H,8-15,34H2,1-7H3,(H,38,48)(H,39,49)(H,40,47)(H,41,50)(H,42,46)(H,44,45)(H,51,52)(H4,35,36,37)/t19-,20+,21+,22+,23+,24+,26+/m1/s1. The second-order valence-electron chi connectivity index (χ2n) is 14.2. The number of hydrogen-bond acceptors (Lipinski definition) is 10. The van der Waals surface area contributed by atoms with Crippen LogP contribution >= 0.6 is 0 Å². The van der Waals surface area contributed by atoms with E-state index in [4.69, 9.17) is 17.2 Å². The van der Waals surface area contributed by atoms with Crippen molar-refractivity contribution in [1.82, 2.24) is 26.6 Å². The van der Waals surface area contributed by atoms with E-state index in [0.29, 0.717) is 0 Å². The minimum Gasteiger partial charge on any atom is -0.481 e. The van der Waals surface area contributed by atoms with Crippen molar-refractivity contribution >= 4 is 47.4 Å². The van der Waals surface area contributed by atoms with Gasteiger partial charge in [0.15, 0.2) is 5.96 Å². The molecule has 5 amide bonds. The predicted molar refractivity (Wildman–Crippen MR) is 192 cm³/mol. The summed E-state index contributed by atoms with van der Waals surface area (Å²) in [5.74, 6) is -7.17. The molecule has 0 saturated carbocycles. The highest BCUT2D eigenvalue weighted by atomic mass is 16.4. The summed E-state index contributed by atoms with van der Waals surface area (Å²) in [5, 5.41) is 41.3. The highest BCUT2D eigenvalue weighted by Gasteiger charge is 2.34. The van der Waals surface area contributed by atoms with Crippen LogP contribution in [0.2, 0.25) is 0 Å². The van der Waals surface area contributed by atoms with Crippen molar-refractivity contribution in [2.75, 3.05) is 6.54 Å². The van der Waals surface area contributed by atoms with Gasteiger partial charge in [-0.1, -0.05) is 41.5 Å².